The number of imidazole rings is 1. The van der Waals surface area contributed by atoms with E-state index in [4.69, 9.17) is 16.3 Å². The molecule has 0 aliphatic rings. The Morgan fingerprint density at radius 1 is 1.11 bits per heavy atom. The number of hydrogen-bond acceptors (Lipinski definition) is 5. The first-order valence-corrected chi connectivity index (χ1v) is 13.5. The summed E-state index contributed by atoms with van der Waals surface area (Å²) in [4.78, 5) is 19.4. The number of benzene rings is 2. The summed E-state index contributed by atoms with van der Waals surface area (Å²) in [5.41, 5.74) is 1.75. The van der Waals surface area contributed by atoms with E-state index in [9.17, 15) is 13.2 Å². The second-order valence-electron chi connectivity index (χ2n) is 9.20. The van der Waals surface area contributed by atoms with Crippen LogP contribution in [0.4, 0.5) is 0 Å². The van der Waals surface area contributed by atoms with Crippen molar-refractivity contribution in [3.63, 3.8) is 0 Å². The molecule has 9 heteroatoms. The summed E-state index contributed by atoms with van der Waals surface area (Å²) in [6.07, 6.45) is 1.55. The maximum absolute atomic E-state index is 13.4. The average molecular weight is 518 g/mol. The van der Waals surface area contributed by atoms with Crippen molar-refractivity contribution < 1.29 is 17.9 Å². The topological polar surface area (TPSA) is 81.5 Å². The number of hydrogen-bond donors (Lipinski definition) is 0. The van der Waals surface area contributed by atoms with Crippen LogP contribution in [0.2, 0.25) is 5.02 Å². The lowest BCUT2D eigenvalue weighted by Gasteiger charge is -2.26. The standard InChI is InChI=1S/C26H32ClN3O4S/c1-18(2)15-29(25(31)21-9-7-11-24(13-21)34-5)16-23-14-28-26(30(23)19(3)4)35(32,33)17-20-8-6-10-22(27)12-20/h6-14,18-19H,15-17H2,1-5H3. The molecule has 188 valence electrons. The average Bonchev–Trinajstić information content (AvgIpc) is 3.22. The van der Waals surface area contributed by atoms with E-state index in [2.05, 4.69) is 4.98 Å². The Bertz CT molecular complexity index is 1290. The highest BCUT2D eigenvalue weighted by Gasteiger charge is 2.27. The molecular weight excluding hydrogens is 486 g/mol. The molecule has 0 atom stereocenters. The molecule has 0 radical (unpaired) electrons. The van der Waals surface area contributed by atoms with Gasteiger partial charge in [0.15, 0.2) is 0 Å². The van der Waals surface area contributed by atoms with Gasteiger partial charge in [-0.1, -0.05) is 43.6 Å². The van der Waals surface area contributed by atoms with Crippen LogP contribution in [0.15, 0.2) is 59.9 Å². The summed E-state index contributed by atoms with van der Waals surface area (Å²) in [6.45, 7) is 8.61. The molecule has 35 heavy (non-hydrogen) atoms. The number of rotatable bonds is 10. The van der Waals surface area contributed by atoms with Crippen LogP contribution in [0.3, 0.4) is 0 Å². The van der Waals surface area contributed by atoms with Crippen LogP contribution in [0.25, 0.3) is 0 Å². The van der Waals surface area contributed by atoms with Gasteiger partial charge in [0.25, 0.3) is 5.91 Å². The van der Waals surface area contributed by atoms with E-state index in [1.165, 1.54) is 0 Å². The molecular formula is C26H32ClN3O4S. The maximum Gasteiger partial charge on any atom is 0.254 e. The van der Waals surface area contributed by atoms with Gasteiger partial charge < -0.3 is 14.2 Å². The van der Waals surface area contributed by atoms with E-state index < -0.39 is 9.84 Å². The van der Waals surface area contributed by atoms with Gasteiger partial charge in [-0.05, 0) is 55.7 Å². The number of nitrogens with zero attached hydrogens (tertiary/aromatic N) is 3. The number of halogens is 1. The SMILES string of the molecule is COc1cccc(C(=O)N(Cc2cnc(S(=O)(=O)Cc3cccc(Cl)c3)n2C(C)C)CC(C)C)c1. The van der Waals surface area contributed by atoms with E-state index in [1.54, 1.807) is 71.3 Å². The van der Waals surface area contributed by atoms with Crippen molar-refractivity contribution in [2.45, 2.75) is 51.2 Å². The zero-order valence-corrected chi connectivity index (χ0v) is 22.3. The summed E-state index contributed by atoms with van der Waals surface area (Å²) in [5.74, 6) is 0.445. The van der Waals surface area contributed by atoms with E-state index in [0.717, 1.165) is 0 Å². The minimum Gasteiger partial charge on any atom is -0.497 e. The molecule has 7 nitrogen and oxygen atoms in total. The smallest absolute Gasteiger partial charge is 0.254 e. The molecule has 3 aromatic rings. The molecule has 1 heterocycles. The van der Waals surface area contributed by atoms with Gasteiger partial charge in [0.1, 0.15) is 5.75 Å². The Morgan fingerprint density at radius 2 is 1.83 bits per heavy atom. The van der Waals surface area contributed by atoms with Crippen LogP contribution in [0.5, 0.6) is 5.75 Å². The largest absolute Gasteiger partial charge is 0.497 e. The van der Waals surface area contributed by atoms with Crippen molar-refractivity contribution in [1.29, 1.82) is 0 Å². The molecule has 2 aromatic carbocycles. The maximum atomic E-state index is 13.4. The molecule has 0 fully saturated rings. The fourth-order valence-electron chi connectivity index (χ4n) is 3.98. The lowest BCUT2D eigenvalue weighted by molar-refractivity contribution is 0.0717. The molecule has 1 amide bonds. The highest BCUT2D eigenvalue weighted by molar-refractivity contribution is 7.90. The lowest BCUT2D eigenvalue weighted by Crippen LogP contribution is -2.34. The molecule has 1 aromatic heterocycles. The van der Waals surface area contributed by atoms with E-state index in [-0.39, 0.29) is 35.3 Å². The minimum absolute atomic E-state index is 0.0131. The fourth-order valence-corrected chi connectivity index (χ4v) is 5.78. The lowest BCUT2D eigenvalue weighted by atomic mass is 10.1. The number of sulfone groups is 1. The Morgan fingerprint density at radius 3 is 2.46 bits per heavy atom. The van der Waals surface area contributed by atoms with Crippen molar-refractivity contribution in [1.82, 2.24) is 14.5 Å². The second kappa shape index (κ2) is 11.3. The van der Waals surface area contributed by atoms with Gasteiger partial charge in [-0.15, -0.1) is 0 Å². The van der Waals surface area contributed by atoms with E-state index in [0.29, 0.717) is 34.1 Å². The van der Waals surface area contributed by atoms with Gasteiger partial charge >= 0.3 is 0 Å². The number of amides is 1. The van der Waals surface area contributed by atoms with Gasteiger partial charge in [-0.25, -0.2) is 13.4 Å². The van der Waals surface area contributed by atoms with E-state index >= 15 is 0 Å². The third-order valence-electron chi connectivity index (χ3n) is 5.42. The second-order valence-corrected chi connectivity index (χ2v) is 11.5. The summed E-state index contributed by atoms with van der Waals surface area (Å²) in [5, 5.41) is 0.465. The Kier molecular flexibility index (Phi) is 8.61. The summed E-state index contributed by atoms with van der Waals surface area (Å²) in [7, 11) is -2.19. The highest BCUT2D eigenvalue weighted by Crippen LogP contribution is 2.25. The fraction of sp³-hybridized carbons (Fsp3) is 0.385. The van der Waals surface area contributed by atoms with Crippen LogP contribution in [-0.2, 0) is 22.1 Å². The van der Waals surface area contributed by atoms with Crippen molar-refractivity contribution in [2.75, 3.05) is 13.7 Å². The number of carbonyl (C=O) groups is 1. The molecule has 0 saturated heterocycles. The van der Waals surface area contributed by atoms with Gasteiger partial charge in [0, 0.05) is 23.2 Å². The predicted molar refractivity (Wildman–Crippen MR) is 138 cm³/mol. The predicted octanol–water partition coefficient (Wildman–Crippen LogP) is 5.40. The van der Waals surface area contributed by atoms with Crippen LogP contribution in [0.1, 0.15) is 55.4 Å². The zero-order valence-electron chi connectivity index (χ0n) is 20.7. The van der Waals surface area contributed by atoms with Gasteiger partial charge in [-0.3, -0.25) is 4.79 Å². The van der Waals surface area contributed by atoms with Crippen LogP contribution >= 0.6 is 11.6 Å². The normalized spacial score (nSPS) is 11.8. The molecule has 0 N–H and O–H groups in total. The molecule has 0 aliphatic carbocycles. The first kappa shape index (κ1) is 26.8. The number of methoxy groups -OCH3 is 1. The van der Waals surface area contributed by atoms with Crippen molar-refractivity contribution in [3.05, 3.63) is 76.6 Å². The third-order valence-corrected chi connectivity index (χ3v) is 7.23. The molecule has 0 spiro atoms. The summed E-state index contributed by atoms with van der Waals surface area (Å²) >= 11 is 6.04. The molecule has 3 rings (SSSR count). The number of carbonyl (C=O) groups excluding carboxylic acids is 1. The molecule has 0 saturated carbocycles. The number of aromatic nitrogens is 2. The molecule has 0 aliphatic heterocycles. The van der Waals surface area contributed by atoms with Gasteiger partial charge in [0.05, 0.1) is 31.3 Å². The van der Waals surface area contributed by atoms with Crippen molar-refractivity contribution >= 4 is 27.3 Å². The Balaban J connectivity index is 1.96. The highest BCUT2D eigenvalue weighted by atomic mass is 35.5. The Hall–Kier alpha value is -2.84. The van der Waals surface area contributed by atoms with E-state index in [1.807, 2.05) is 27.7 Å². The van der Waals surface area contributed by atoms with Gasteiger partial charge in [-0.2, -0.15) is 0 Å². The van der Waals surface area contributed by atoms with Crippen LogP contribution in [0, 0.1) is 5.92 Å². The molecule has 0 bridgehead atoms. The monoisotopic (exact) mass is 517 g/mol. The first-order valence-electron chi connectivity index (χ1n) is 11.5. The first-order chi connectivity index (χ1) is 16.5. The molecule has 0 unspecified atom stereocenters. The Labute approximate surface area is 212 Å². The van der Waals surface area contributed by atoms with Crippen molar-refractivity contribution in [2.24, 2.45) is 5.92 Å². The minimum atomic E-state index is -3.75. The van der Waals surface area contributed by atoms with Crippen molar-refractivity contribution in [3.8, 4) is 5.75 Å². The summed E-state index contributed by atoms with van der Waals surface area (Å²) < 4.78 is 33.6. The quantitative estimate of drug-likeness (QED) is 0.359. The van der Waals surface area contributed by atoms with Crippen LogP contribution < -0.4 is 4.74 Å². The third kappa shape index (κ3) is 6.64. The van der Waals surface area contributed by atoms with Gasteiger partial charge in [0.2, 0.25) is 15.0 Å². The summed E-state index contributed by atoms with van der Waals surface area (Å²) in [6, 6.07) is 13.6. The zero-order chi connectivity index (χ0) is 25.8. The number of ether oxygens (including phenoxy) is 1. The van der Waals surface area contributed by atoms with Crippen LogP contribution in [-0.4, -0.2) is 42.4 Å².